The molecule has 2 rings (SSSR count). The van der Waals surface area contributed by atoms with E-state index in [1.54, 1.807) is 19.1 Å². The third-order valence-electron chi connectivity index (χ3n) is 3.34. The summed E-state index contributed by atoms with van der Waals surface area (Å²) < 4.78 is 0. The fraction of sp³-hybridized carbons (Fsp3) is 0.312. The number of para-hydroxylation sites is 1. The number of nitrogens with zero attached hydrogens (tertiary/aromatic N) is 4. The SMILES string of the molecule is Cc1nc(NCCNC(=O)c2ccccc2[N+](=O)[O-])cc(N(C)C)n1. The molecule has 0 saturated heterocycles. The maximum absolute atomic E-state index is 12.1. The second-order valence-electron chi connectivity index (χ2n) is 5.51. The lowest BCUT2D eigenvalue weighted by atomic mass is 10.1. The molecule has 9 nitrogen and oxygen atoms in total. The number of benzene rings is 1. The Balaban J connectivity index is 1.92. The standard InChI is InChI=1S/C16H20N6O3/c1-11-19-14(10-15(20-11)21(2)3)17-8-9-18-16(23)12-6-4-5-7-13(12)22(24)25/h4-7,10H,8-9H2,1-3H3,(H,18,23)(H,17,19,20). The smallest absolute Gasteiger partial charge is 0.282 e. The molecule has 0 radical (unpaired) electrons. The number of anilines is 2. The van der Waals surface area contributed by atoms with Crippen LogP contribution in [-0.4, -0.2) is 48.0 Å². The van der Waals surface area contributed by atoms with Gasteiger partial charge in [0.1, 0.15) is 23.0 Å². The fourth-order valence-corrected chi connectivity index (χ4v) is 2.16. The number of carbonyl (C=O) groups excluding carboxylic acids is 1. The summed E-state index contributed by atoms with van der Waals surface area (Å²) in [4.78, 5) is 32.9. The Hall–Kier alpha value is -3.23. The Kier molecular flexibility index (Phi) is 5.83. The van der Waals surface area contributed by atoms with Gasteiger partial charge < -0.3 is 15.5 Å². The van der Waals surface area contributed by atoms with Crippen LogP contribution in [0, 0.1) is 17.0 Å². The first kappa shape index (κ1) is 18.1. The summed E-state index contributed by atoms with van der Waals surface area (Å²) >= 11 is 0. The molecule has 132 valence electrons. The molecule has 0 spiro atoms. The molecular formula is C16H20N6O3. The maximum atomic E-state index is 12.1. The number of amides is 1. The van der Waals surface area contributed by atoms with E-state index in [0.29, 0.717) is 24.7 Å². The van der Waals surface area contributed by atoms with Gasteiger partial charge in [0.15, 0.2) is 0 Å². The topological polar surface area (TPSA) is 113 Å². The van der Waals surface area contributed by atoms with Gasteiger partial charge >= 0.3 is 0 Å². The molecule has 0 aliphatic carbocycles. The van der Waals surface area contributed by atoms with Crippen molar-refractivity contribution >= 4 is 23.2 Å². The van der Waals surface area contributed by atoms with Crippen LogP contribution in [0.2, 0.25) is 0 Å². The van der Waals surface area contributed by atoms with Crippen molar-refractivity contribution in [2.45, 2.75) is 6.92 Å². The lowest BCUT2D eigenvalue weighted by molar-refractivity contribution is -0.385. The van der Waals surface area contributed by atoms with E-state index in [9.17, 15) is 14.9 Å². The second kappa shape index (κ2) is 8.04. The molecule has 0 bridgehead atoms. The van der Waals surface area contributed by atoms with E-state index in [-0.39, 0.29) is 11.3 Å². The summed E-state index contributed by atoms with van der Waals surface area (Å²) in [5, 5.41) is 16.7. The largest absolute Gasteiger partial charge is 0.368 e. The van der Waals surface area contributed by atoms with Crippen LogP contribution in [0.5, 0.6) is 0 Å². The Morgan fingerprint density at radius 1 is 1.24 bits per heavy atom. The summed E-state index contributed by atoms with van der Waals surface area (Å²) in [6.45, 7) is 2.52. The number of rotatable bonds is 7. The summed E-state index contributed by atoms with van der Waals surface area (Å²) in [5.74, 6) is 1.58. The van der Waals surface area contributed by atoms with Gasteiger partial charge in [0.05, 0.1) is 4.92 Å². The van der Waals surface area contributed by atoms with Crippen LogP contribution >= 0.6 is 0 Å². The molecule has 25 heavy (non-hydrogen) atoms. The Morgan fingerprint density at radius 3 is 2.64 bits per heavy atom. The lowest BCUT2D eigenvalue weighted by Crippen LogP contribution is -2.29. The zero-order chi connectivity index (χ0) is 18.4. The van der Waals surface area contributed by atoms with Crippen LogP contribution in [-0.2, 0) is 0 Å². The molecule has 2 aromatic rings. The van der Waals surface area contributed by atoms with Crippen LogP contribution in [0.1, 0.15) is 16.2 Å². The first-order valence-corrected chi connectivity index (χ1v) is 7.67. The molecule has 1 aromatic carbocycles. The van der Waals surface area contributed by atoms with Gasteiger partial charge in [0.25, 0.3) is 11.6 Å². The van der Waals surface area contributed by atoms with E-state index in [4.69, 9.17) is 0 Å². The highest BCUT2D eigenvalue weighted by Crippen LogP contribution is 2.17. The predicted octanol–water partition coefficient (Wildman–Crippen LogP) is 1.60. The van der Waals surface area contributed by atoms with Gasteiger partial charge in [-0.3, -0.25) is 14.9 Å². The van der Waals surface area contributed by atoms with Gasteiger partial charge in [-0.05, 0) is 13.0 Å². The van der Waals surface area contributed by atoms with E-state index in [0.717, 1.165) is 5.82 Å². The van der Waals surface area contributed by atoms with Crippen molar-refractivity contribution in [3.05, 3.63) is 51.8 Å². The van der Waals surface area contributed by atoms with Crippen molar-refractivity contribution in [3.63, 3.8) is 0 Å². The summed E-state index contributed by atoms with van der Waals surface area (Å²) in [5.41, 5.74) is -0.171. The number of carbonyl (C=O) groups is 1. The zero-order valence-electron chi connectivity index (χ0n) is 14.3. The summed E-state index contributed by atoms with van der Waals surface area (Å²) in [7, 11) is 3.77. The highest BCUT2D eigenvalue weighted by molar-refractivity contribution is 5.98. The van der Waals surface area contributed by atoms with E-state index in [1.807, 2.05) is 19.0 Å². The molecule has 0 saturated carbocycles. The Morgan fingerprint density at radius 2 is 1.96 bits per heavy atom. The van der Waals surface area contributed by atoms with Crippen molar-refractivity contribution in [2.24, 2.45) is 0 Å². The van der Waals surface area contributed by atoms with Gasteiger partial charge in [-0.2, -0.15) is 0 Å². The first-order chi connectivity index (χ1) is 11.9. The van der Waals surface area contributed by atoms with Crippen molar-refractivity contribution < 1.29 is 9.72 Å². The molecule has 0 aliphatic heterocycles. The van der Waals surface area contributed by atoms with Gasteiger partial charge in [0.2, 0.25) is 0 Å². The molecule has 9 heteroatoms. The van der Waals surface area contributed by atoms with Crippen molar-refractivity contribution in [1.29, 1.82) is 0 Å². The minimum Gasteiger partial charge on any atom is -0.368 e. The maximum Gasteiger partial charge on any atom is 0.282 e. The third-order valence-corrected chi connectivity index (χ3v) is 3.34. The van der Waals surface area contributed by atoms with Crippen molar-refractivity contribution in [2.75, 3.05) is 37.4 Å². The first-order valence-electron chi connectivity index (χ1n) is 7.67. The molecule has 1 heterocycles. The molecule has 1 amide bonds. The van der Waals surface area contributed by atoms with Crippen molar-refractivity contribution in [1.82, 2.24) is 15.3 Å². The van der Waals surface area contributed by atoms with Gasteiger partial charge in [-0.15, -0.1) is 0 Å². The minimum absolute atomic E-state index is 0.0419. The van der Waals surface area contributed by atoms with Crippen molar-refractivity contribution in [3.8, 4) is 0 Å². The number of nitro groups is 1. The average Bonchev–Trinajstić information content (AvgIpc) is 2.58. The highest BCUT2D eigenvalue weighted by Gasteiger charge is 2.18. The van der Waals surface area contributed by atoms with E-state index >= 15 is 0 Å². The fourth-order valence-electron chi connectivity index (χ4n) is 2.16. The monoisotopic (exact) mass is 344 g/mol. The van der Waals surface area contributed by atoms with Crippen LogP contribution < -0.4 is 15.5 Å². The molecule has 0 aliphatic rings. The van der Waals surface area contributed by atoms with Gasteiger partial charge in [0, 0.05) is 39.3 Å². The number of nitrogens with one attached hydrogen (secondary N) is 2. The van der Waals surface area contributed by atoms with E-state index in [1.165, 1.54) is 18.2 Å². The number of hydrogen-bond acceptors (Lipinski definition) is 7. The van der Waals surface area contributed by atoms with Crippen LogP contribution in [0.4, 0.5) is 17.3 Å². The number of aromatic nitrogens is 2. The highest BCUT2D eigenvalue weighted by atomic mass is 16.6. The predicted molar refractivity (Wildman–Crippen MR) is 95.0 cm³/mol. The lowest BCUT2D eigenvalue weighted by Gasteiger charge is -2.14. The minimum atomic E-state index is -0.570. The van der Waals surface area contributed by atoms with Gasteiger partial charge in [-0.25, -0.2) is 9.97 Å². The van der Waals surface area contributed by atoms with E-state index in [2.05, 4.69) is 20.6 Å². The van der Waals surface area contributed by atoms with Gasteiger partial charge in [-0.1, -0.05) is 12.1 Å². The normalized spacial score (nSPS) is 10.2. The molecule has 1 aromatic heterocycles. The number of nitro benzene ring substituents is 1. The molecule has 0 atom stereocenters. The zero-order valence-corrected chi connectivity index (χ0v) is 14.3. The molecule has 0 fully saturated rings. The van der Waals surface area contributed by atoms with E-state index < -0.39 is 10.8 Å². The number of hydrogen-bond donors (Lipinski definition) is 2. The molecular weight excluding hydrogens is 324 g/mol. The number of aryl methyl sites for hydroxylation is 1. The molecule has 2 N–H and O–H groups in total. The Labute approximate surface area is 145 Å². The quantitative estimate of drug-likeness (QED) is 0.445. The summed E-state index contributed by atoms with van der Waals surface area (Å²) in [6, 6.07) is 7.65. The average molecular weight is 344 g/mol. The summed E-state index contributed by atoms with van der Waals surface area (Å²) in [6.07, 6.45) is 0. The Bertz CT molecular complexity index is 778. The van der Waals surface area contributed by atoms with Crippen LogP contribution in [0.15, 0.2) is 30.3 Å². The molecule has 0 unspecified atom stereocenters. The van der Waals surface area contributed by atoms with Crippen LogP contribution in [0.25, 0.3) is 0 Å². The second-order valence-corrected chi connectivity index (χ2v) is 5.51. The third kappa shape index (κ3) is 4.87. The van der Waals surface area contributed by atoms with Crippen LogP contribution in [0.3, 0.4) is 0 Å².